The van der Waals surface area contributed by atoms with E-state index in [1.807, 2.05) is 35.2 Å². The minimum Gasteiger partial charge on any atom is -0.302 e. The number of carbonyl (C=O) groups is 1. The van der Waals surface area contributed by atoms with Crippen LogP contribution < -0.4 is 5.48 Å². The summed E-state index contributed by atoms with van der Waals surface area (Å²) < 4.78 is 25.2. The normalized spacial score (nSPS) is 16.0. The Morgan fingerprint density at radius 1 is 1.10 bits per heavy atom. The SMILES string of the molecule is C#CCCN1CCC(C(=O)NO)(S(=O)(=O)c2ccc(Sc3ccccc3)cc2)CC1.Cl. The van der Waals surface area contributed by atoms with Gasteiger partial charge in [-0.25, -0.2) is 13.9 Å². The van der Waals surface area contributed by atoms with Gasteiger partial charge in [0.2, 0.25) is 0 Å². The van der Waals surface area contributed by atoms with E-state index in [0.717, 1.165) is 9.79 Å². The highest BCUT2D eigenvalue weighted by Gasteiger charge is 2.52. The highest BCUT2D eigenvalue weighted by molar-refractivity contribution is 7.99. The molecule has 9 heteroatoms. The van der Waals surface area contributed by atoms with Gasteiger partial charge in [-0.05, 0) is 49.2 Å². The third-order valence-corrected chi connectivity index (χ3v) is 8.91. The van der Waals surface area contributed by atoms with Gasteiger partial charge in [-0.3, -0.25) is 10.0 Å². The zero-order valence-electron chi connectivity index (χ0n) is 16.9. The van der Waals surface area contributed by atoms with Gasteiger partial charge >= 0.3 is 0 Å². The number of amides is 1. The Morgan fingerprint density at radius 3 is 2.23 bits per heavy atom. The average molecular weight is 481 g/mol. The van der Waals surface area contributed by atoms with E-state index in [4.69, 9.17) is 6.42 Å². The molecule has 1 heterocycles. The van der Waals surface area contributed by atoms with Crippen molar-refractivity contribution in [1.82, 2.24) is 10.4 Å². The van der Waals surface area contributed by atoms with Crippen molar-refractivity contribution in [2.24, 2.45) is 0 Å². The van der Waals surface area contributed by atoms with Crippen molar-refractivity contribution in [2.45, 2.75) is 38.7 Å². The maximum absolute atomic E-state index is 13.5. The molecule has 0 saturated carbocycles. The number of likely N-dealkylation sites (tertiary alicyclic amines) is 1. The molecule has 6 nitrogen and oxygen atoms in total. The summed E-state index contributed by atoms with van der Waals surface area (Å²) in [6, 6.07) is 16.3. The van der Waals surface area contributed by atoms with Crippen LogP contribution in [0.4, 0.5) is 0 Å². The van der Waals surface area contributed by atoms with Gasteiger partial charge in [-0.15, -0.1) is 24.8 Å². The number of carbonyl (C=O) groups excluding carboxylic acids is 1. The van der Waals surface area contributed by atoms with Crippen LogP contribution in [0.1, 0.15) is 19.3 Å². The Kier molecular flexibility index (Phi) is 8.98. The second-order valence-electron chi connectivity index (χ2n) is 7.12. The number of sulfone groups is 1. The quantitative estimate of drug-likeness (QED) is 0.359. The summed E-state index contributed by atoms with van der Waals surface area (Å²) in [5.41, 5.74) is 1.58. The lowest BCUT2D eigenvalue weighted by atomic mass is 9.94. The summed E-state index contributed by atoms with van der Waals surface area (Å²) in [6.45, 7) is 1.48. The van der Waals surface area contributed by atoms with Crippen molar-refractivity contribution in [2.75, 3.05) is 19.6 Å². The molecule has 0 radical (unpaired) electrons. The molecular weight excluding hydrogens is 456 g/mol. The van der Waals surface area contributed by atoms with Crippen molar-refractivity contribution in [3.05, 3.63) is 54.6 Å². The molecule has 1 amide bonds. The zero-order valence-corrected chi connectivity index (χ0v) is 19.3. The first-order chi connectivity index (χ1) is 14.4. The van der Waals surface area contributed by atoms with Gasteiger partial charge in [0.05, 0.1) is 4.90 Å². The lowest BCUT2D eigenvalue weighted by Gasteiger charge is -2.39. The molecule has 0 aliphatic carbocycles. The minimum absolute atomic E-state index is 0. The molecule has 1 fully saturated rings. The number of halogens is 1. The fourth-order valence-electron chi connectivity index (χ4n) is 3.62. The van der Waals surface area contributed by atoms with Gasteiger partial charge in [0.25, 0.3) is 5.91 Å². The van der Waals surface area contributed by atoms with Gasteiger partial charge < -0.3 is 4.90 Å². The molecule has 0 bridgehead atoms. The third-order valence-electron chi connectivity index (χ3n) is 5.38. The Hall–Kier alpha value is -2.02. The van der Waals surface area contributed by atoms with E-state index in [1.54, 1.807) is 17.6 Å². The average Bonchev–Trinajstić information content (AvgIpc) is 2.78. The first kappa shape index (κ1) is 25.2. The summed E-state index contributed by atoms with van der Waals surface area (Å²) in [5.74, 6) is 1.68. The number of hydrogen-bond donors (Lipinski definition) is 2. The molecule has 1 aliphatic rings. The van der Waals surface area contributed by atoms with Crippen molar-refractivity contribution in [3.8, 4) is 12.3 Å². The van der Waals surface area contributed by atoms with Crippen molar-refractivity contribution < 1.29 is 18.4 Å². The first-order valence-corrected chi connectivity index (χ1v) is 11.9. The number of rotatable bonds is 7. The van der Waals surface area contributed by atoms with E-state index in [2.05, 4.69) is 5.92 Å². The summed E-state index contributed by atoms with van der Waals surface area (Å²) >= 11 is 1.52. The molecule has 0 aromatic heterocycles. The van der Waals surface area contributed by atoms with Crippen molar-refractivity contribution in [3.63, 3.8) is 0 Å². The lowest BCUT2D eigenvalue weighted by molar-refractivity contribution is -0.133. The number of nitrogens with zero attached hydrogens (tertiary/aromatic N) is 1. The maximum Gasteiger partial charge on any atom is 0.265 e. The molecule has 1 saturated heterocycles. The topological polar surface area (TPSA) is 86.7 Å². The van der Waals surface area contributed by atoms with Gasteiger partial charge in [0.1, 0.15) is 0 Å². The number of nitrogens with one attached hydrogen (secondary N) is 1. The Morgan fingerprint density at radius 2 is 1.68 bits per heavy atom. The summed E-state index contributed by atoms with van der Waals surface area (Å²) in [5, 5.41) is 9.27. The highest BCUT2D eigenvalue weighted by atomic mass is 35.5. The number of hydrogen-bond acceptors (Lipinski definition) is 6. The van der Waals surface area contributed by atoms with E-state index in [1.165, 1.54) is 23.9 Å². The van der Waals surface area contributed by atoms with Crippen LogP contribution >= 0.6 is 24.2 Å². The van der Waals surface area contributed by atoms with Crippen LogP contribution in [0.5, 0.6) is 0 Å². The van der Waals surface area contributed by atoms with Crippen LogP contribution in [0.3, 0.4) is 0 Å². The van der Waals surface area contributed by atoms with Crippen LogP contribution in [0, 0.1) is 12.3 Å². The number of hydroxylamine groups is 1. The molecule has 0 atom stereocenters. The number of benzene rings is 2. The highest BCUT2D eigenvalue weighted by Crippen LogP contribution is 2.37. The number of piperidine rings is 1. The first-order valence-electron chi connectivity index (χ1n) is 9.61. The van der Waals surface area contributed by atoms with E-state index < -0.39 is 20.5 Å². The van der Waals surface area contributed by atoms with Gasteiger partial charge in [-0.1, -0.05) is 30.0 Å². The minimum atomic E-state index is -4.02. The molecule has 2 aromatic rings. The smallest absolute Gasteiger partial charge is 0.265 e. The van der Waals surface area contributed by atoms with E-state index in [0.29, 0.717) is 26.1 Å². The van der Waals surface area contributed by atoms with Crippen LogP contribution in [-0.4, -0.2) is 48.8 Å². The predicted molar refractivity (Wildman–Crippen MR) is 123 cm³/mol. The fourth-order valence-corrected chi connectivity index (χ4v) is 6.41. The molecule has 166 valence electrons. The Balaban J connectivity index is 0.00000341. The molecule has 1 aliphatic heterocycles. The Bertz CT molecular complexity index is 1010. The largest absolute Gasteiger partial charge is 0.302 e. The van der Waals surface area contributed by atoms with E-state index >= 15 is 0 Å². The Labute approximate surface area is 193 Å². The summed E-state index contributed by atoms with van der Waals surface area (Å²) in [7, 11) is -4.02. The second kappa shape index (κ2) is 11.0. The van der Waals surface area contributed by atoms with Crippen LogP contribution in [0.15, 0.2) is 69.3 Å². The third kappa shape index (κ3) is 5.43. The molecular formula is C22H25ClN2O4S2. The zero-order chi connectivity index (χ0) is 21.6. The van der Waals surface area contributed by atoms with Crippen molar-refractivity contribution in [1.29, 1.82) is 0 Å². The van der Waals surface area contributed by atoms with Crippen LogP contribution in [0.2, 0.25) is 0 Å². The predicted octanol–water partition coefficient (Wildman–Crippen LogP) is 3.40. The maximum atomic E-state index is 13.5. The van der Waals surface area contributed by atoms with E-state index in [-0.39, 0.29) is 30.1 Å². The van der Waals surface area contributed by atoms with Gasteiger partial charge in [0.15, 0.2) is 14.6 Å². The van der Waals surface area contributed by atoms with E-state index in [9.17, 15) is 18.4 Å². The lowest BCUT2D eigenvalue weighted by Crippen LogP contribution is -2.57. The fraction of sp³-hybridized carbons (Fsp3) is 0.318. The molecule has 0 unspecified atom stereocenters. The monoisotopic (exact) mass is 480 g/mol. The standard InChI is InChI=1S/C22H24N2O4S2.ClH/c1-2-3-15-24-16-13-22(14-17-24,21(25)23-26)30(27,28)20-11-9-19(10-12-20)29-18-7-5-4-6-8-18;/h1,4-12,26H,3,13-17H2,(H,23,25);1H. The van der Waals surface area contributed by atoms with Gasteiger partial charge in [0, 0.05) is 35.8 Å². The van der Waals surface area contributed by atoms with Gasteiger partial charge in [-0.2, -0.15) is 0 Å². The summed E-state index contributed by atoms with van der Waals surface area (Å²) in [6.07, 6.45) is 6.05. The molecule has 31 heavy (non-hydrogen) atoms. The molecule has 2 aromatic carbocycles. The molecule has 2 N–H and O–H groups in total. The number of terminal acetylenes is 1. The molecule has 3 rings (SSSR count). The second-order valence-corrected chi connectivity index (χ2v) is 10.5. The molecule has 0 spiro atoms. The van der Waals surface area contributed by atoms with Crippen molar-refractivity contribution >= 4 is 39.9 Å². The van der Waals surface area contributed by atoms with Crippen LogP contribution in [0.25, 0.3) is 0 Å². The van der Waals surface area contributed by atoms with Crippen LogP contribution in [-0.2, 0) is 14.6 Å². The summed E-state index contributed by atoms with van der Waals surface area (Å²) in [4.78, 5) is 16.6.